The van der Waals surface area contributed by atoms with Gasteiger partial charge >= 0.3 is 6.18 Å². The first-order valence-electron chi connectivity index (χ1n) is 5.96. The van der Waals surface area contributed by atoms with Gasteiger partial charge in [-0.25, -0.2) is 0 Å². The highest BCUT2D eigenvalue weighted by molar-refractivity contribution is 5.42. The van der Waals surface area contributed by atoms with Gasteiger partial charge in [-0.3, -0.25) is 0 Å². The molecule has 0 radical (unpaired) electrons. The molecule has 0 N–H and O–H groups in total. The van der Waals surface area contributed by atoms with E-state index in [0.29, 0.717) is 0 Å². The molecule has 1 unspecified atom stereocenters. The minimum absolute atomic E-state index is 0.288. The molecule has 1 aliphatic carbocycles. The Morgan fingerprint density at radius 1 is 1.11 bits per heavy atom. The average Bonchev–Trinajstić information content (AvgIpc) is 2.81. The van der Waals surface area contributed by atoms with Crippen LogP contribution in [-0.2, 0) is 10.9 Å². The summed E-state index contributed by atoms with van der Waals surface area (Å²) in [4.78, 5) is 0. The van der Waals surface area contributed by atoms with E-state index in [0.717, 1.165) is 35.4 Å². The van der Waals surface area contributed by atoms with Crippen LogP contribution in [0.2, 0.25) is 0 Å². The molecule has 2 aliphatic rings. The Bertz CT molecular complexity index is 576. The molecular formula is C15H11F3O. The molecule has 0 saturated carbocycles. The van der Waals surface area contributed by atoms with Crippen molar-refractivity contribution in [2.75, 3.05) is 0 Å². The lowest BCUT2D eigenvalue weighted by molar-refractivity contribution is -0.137. The largest absolute Gasteiger partial charge is 0.481 e. The molecule has 0 saturated heterocycles. The van der Waals surface area contributed by atoms with Crippen molar-refractivity contribution in [3.63, 3.8) is 0 Å². The Morgan fingerprint density at radius 2 is 1.84 bits per heavy atom. The third kappa shape index (κ3) is 2.30. The number of allylic oxidation sites excluding steroid dienone is 4. The highest BCUT2D eigenvalue weighted by Gasteiger charge is 2.31. The van der Waals surface area contributed by atoms with Crippen molar-refractivity contribution in [3.8, 4) is 0 Å². The van der Waals surface area contributed by atoms with E-state index in [4.69, 9.17) is 4.74 Å². The summed E-state index contributed by atoms with van der Waals surface area (Å²) in [5.74, 6) is 0.812. The molecule has 4 heteroatoms. The summed E-state index contributed by atoms with van der Waals surface area (Å²) in [5, 5.41) is 0. The van der Waals surface area contributed by atoms with Crippen molar-refractivity contribution in [1.29, 1.82) is 0 Å². The third-order valence-corrected chi connectivity index (χ3v) is 3.21. The van der Waals surface area contributed by atoms with Crippen molar-refractivity contribution in [1.82, 2.24) is 0 Å². The fourth-order valence-corrected chi connectivity index (χ4v) is 2.20. The van der Waals surface area contributed by atoms with Crippen molar-refractivity contribution < 1.29 is 17.9 Å². The van der Waals surface area contributed by atoms with Crippen LogP contribution in [0.5, 0.6) is 0 Å². The molecule has 0 aromatic heterocycles. The number of ether oxygens (including phenoxy) is 1. The zero-order valence-corrected chi connectivity index (χ0v) is 9.95. The second-order valence-corrected chi connectivity index (χ2v) is 4.51. The van der Waals surface area contributed by atoms with Gasteiger partial charge in [0.25, 0.3) is 0 Å². The molecule has 1 nitrogen and oxygen atoms in total. The molecule has 19 heavy (non-hydrogen) atoms. The molecule has 98 valence electrons. The first-order valence-corrected chi connectivity index (χ1v) is 5.96. The maximum Gasteiger partial charge on any atom is 0.416 e. The van der Waals surface area contributed by atoms with E-state index in [2.05, 4.69) is 0 Å². The van der Waals surface area contributed by atoms with Gasteiger partial charge in [0.2, 0.25) is 0 Å². The SMILES string of the molecule is FC(F)(F)c1ccc(C2C=C3CC=CC=C3O2)cc1. The number of halogens is 3. The summed E-state index contributed by atoms with van der Waals surface area (Å²) in [5.41, 5.74) is 1.18. The van der Waals surface area contributed by atoms with Crippen LogP contribution in [0.25, 0.3) is 0 Å². The van der Waals surface area contributed by atoms with Gasteiger partial charge in [0.15, 0.2) is 0 Å². The molecule has 1 atom stereocenters. The van der Waals surface area contributed by atoms with Crippen molar-refractivity contribution in [2.45, 2.75) is 18.7 Å². The third-order valence-electron chi connectivity index (χ3n) is 3.21. The van der Waals surface area contributed by atoms with E-state index >= 15 is 0 Å². The van der Waals surface area contributed by atoms with E-state index < -0.39 is 11.7 Å². The maximum absolute atomic E-state index is 12.5. The molecular weight excluding hydrogens is 253 g/mol. The van der Waals surface area contributed by atoms with Crippen LogP contribution in [0, 0.1) is 0 Å². The van der Waals surface area contributed by atoms with Gasteiger partial charge in [0.05, 0.1) is 5.56 Å². The average molecular weight is 264 g/mol. The van der Waals surface area contributed by atoms with Crippen LogP contribution >= 0.6 is 0 Å². The normalized spacial score (nSPS) is 21.5. The molecule has 3 rings (SSSR count). The smallest absolute Gasteiger partial charge is 0.416 e. The monoisotopic (exact) mass is 264 g/mol. The lowest BCUT2D eigenvalue weighted by Crippen LogP contribution is -2.05. The minimum atomic E-state index is -4.30. The van der Waals surface area contributed by atoms with Gasteiger partial charge in [0.1, 0.15) is 11.9 Å². The summed E-state index contributed by atoms with van der Waals surface area (Å²) < 4.78 is 43.1. The van der Waals surface area contributed by atoms with Crippen LogP contribution in [0.3, 0.4) is 0 Å². The highest BCUT2D eigenvalue weighted by atomic mass is 19.4. The van der Waals surface area contributed by atoms with E-state index in [1.807, 2.05) is 24.3 Å². The molecule has 0 fully saturated rings. The minimum Gasteiger partial charge on any atom is -0.481 e. The summed E-state index contributed by atoms with van der Waals surface area (Å²) in [6.07, 6.45) is 3.99. The number of alkyl halides is 3. The van der Waals surface area contributed by atoms with Crippen molar-refractivity contribution >= 4 is 0 Å². The lowest BCUT2D eigenvalue weighted by Gasteiger charge is -2.13. The Balaban J connectivity index is 1.83. The molecule has 0 spiro atoms. The number of hydrogen-bond acceptors (Lipinski definition) is 1. The van der Waals surface area contributed by atoms with Crippen molar-refractivity contribution in [2.24, 2.45) is 0 Å². The van der Waals surface area contributed by atoms with E-state index in [1.165, 1.54) is 12.1 Å². The number of rotatable bonds is 1. The van der Waals surface area contributed by atoms with E-state index in [-0.39, 0.29) is 6.10 Å². The van der Waals surface area contributed by atoms with Crippen LogP contribution in [0.1, 0.15) is 23.7 Å². The quantitative estimate of drug-likeness (QED) is 0.723. The first kappa shape index (κ1) is 12.1. The standard InChI is InChI=1S/C15H11F3O/c16-15(17,18)12-7-5-10(6-8-12)14-9-11-3-1-2-4-13(11)19-14/h1-2,4-9,14H,3H2. The van der Waals surface area contributed by atoms with Crippen LogP contribution in [0.15, 0.2) is 59.9 Å². The Morgan fingerprint density at radius 3 is 2.47 bits per heavy atom. The molecule has 0 amide bonds. The zero-order valence-electron chi connectivity index (χ0n) is 9.95. The summed E-state index contributed by atoms with van der Waals surface area (Å²) in [7, 11) is 0. The van der Waals surface area contributed by atoms with E-state index in [9.17, 15) is 13.2 Å². The molecule has 1 aromatic carbocycles. The van der Waals surface area contributed by atoms with Gasteiger partial charge in [-0.1, -0.05) is 24.3 Å². The van der Waals surface area contributed by atoms with Gasteiger partial charge in [0, 0.05) is 0 Å². The van der Waals surface area contributed by atoms with Crippen LogP contribution in [-0.4, -0.2) is 0 Å². The predicted molar refractivity (Wildman–Crippen MR) is 65.2 cm³/mol. The number of benzene rings is 1. The maximum atomic E-state index is 12.5. The molecule has 1 aromatic rings. The van der Waals surface area contributed by atoms with Gasteiger partial charge in [-0.2, -0.15) is 13.2 Å². The van der Waals surface area contributed by atoms with E-state index in [1.54, 1.807) is 0 Å². The second-order valence-electron chi connectivity index (χ2n) is 4.51. The fraction of sp³-hybridized carbons (Fsp3) is 0.200. The van der Waals surface area contributed by atoms with Crippen LogP contribution in [0.4, 0.5) is 13.2 Å². The Hall–Kier alpha value is -1.97. The molecule has 0 bridgehead atoms. The Labute approximate surface area is 108 Å². The highest BCUT2D eigenvalue weighted by Crippen LogP contribution is 2.38. The summed E-state index contributed by atoms with van der Waals surface area (Å²) in [6, 6.07) is 5.11. The molecule has 1 heterocycles. The van der Waals surface area contributed by atoms with Crippen LogP contribution < -0.4 is 0 Å². The molecule has 1 aliphatic heterocycles. The topological polar surface area (TPSA) is 9.23 Å². The first-order chi connectivity index (χ1) is 9.04. The fourth-order valence-electron chi connectivity index (χ4n) is 2.20. The number of hydrogen-bond donors (Lipinski definition) is 0. The zero-order chi connectivity index (χ0) is 13.5. The van der Waals surface area contributed by atoms with Crippen molar-refractivity contribution in [3.05, 3.63) is 71.0 Å². The second kappa shape index (κ2) is 4.30. The van der Waals surface area contributed by atoms with Gasteiger partial charge in [-0.05, 0) is 41.8 Å². The Kier molecular flexibility index (Phi) is 2.73. The van der Waals surface area contributed by atoms with Gasteiger partial charge < -0.3 is 4.74 Å². The summed E-state index contributed by atoms with van der Waals surface area (Å²) >= 11 is 0. The lowest BCUT2D eigenvalue weighted by atomic mass is 10.0. The van der Waals surface area contributed by atoms with Gasteiger partial charge in [-0.15, -0.1) is 0 Å². The summed E-state index contributed by atoms with van der Waals surface area (Å²) in [6.45, 7) is 0. The number of fused-ring (bicyclic) bond motifs is 1. The predicted octanol–water partition coefficient (Wildman–Crippen LogP) is 4.55.